The fraction of sp³-hybridized carbons (Fsp3) is 0.423. The van der Waals surface area contributed by atoms with Crippen LogP contribution in [0.5, 0.6) is 11.5 Å². The van der Waals surface area contributed by atoms with Gasteiger partial charge in [0.15, 0.2) is 19.0 Å². The van der Waals surface area contributed by atoms with Crippen LogP contribution >= 0.6 is 0 Å². The first-order valence-corrected chi connectivity index (χ1v) is 11.5. The molecule has 1 saturated heterocycles. The molecule has 0 unspecified atom stereocenters. The smallest absolute Gasteiger partial charge is 0.265 e. The zero-order chi connectivity index (χ0) is 24.4. The van der Waals surface area contributed by atoms with E-state index < -0.39 is 0 Å². The summed E-state index contributed by atoms with van der Waals surface area (Å²) in [6, 6.07) is 8.95. The number of fused-ring (bicyclic) bond motifs is 1. The monoisotopic (exact) mass is 465 g/mol. The van der Waals surface area contributed by atoms with Gasteiger partial charge in [0.05, 0.1) is 5.69 Å². The number of hydrogen-bond acceptors (Lipinski definition) is 6. The van der Waals surface area contributed by atoms with Crippen LogP contribution in [0.25, 0.3) is 0 Å². The highest BCUT2D eigenvalue weighted by molar-refractivity contribution is 6.04. The second kappa shape index (κ2) is 9.85. The number of ketones is 1. The van der Waals surface area contributed by atoms with Crippen LogP contribution < -0.4 is 14.4 Å². The van der Waals surface area contributed by atoms with Gasteiger partial charge in [0, 0.05) is 31.7 Å². The molecule has 8 nitrogen and oxygen atoms in total. The van der Waals surface area contributed by atoms with Crippen LogP contribution in [0.15, 0.2) is 30.3 Å². The normalized spacial score (nSPS) is 16.2. The predicted molar refractivity (Wildman–Crippen MR) is 129 cm³/mol. The van der Waals surface area contributed by atoms with Crippen molar-refractivity contribution in [1.82, 2.24) is 9.80 Å². The summed E-state index contributed by atoms with van der Waals surface area (Å²) in [5.74, 6) is 0.561. The number of piperazine rings is 1. The van der Waals surface area contributed by atoms with Crippen LogP contribution in [-0.4, -0.2) is 80.4 Å². The number of aryl methyl sites for hydroxylation is 2. The number of nitrogens with zero attached hydrogens (tertiary/aromatic N) is 3. The second-order valence-corrected chi connectivity index (χ2v) is 9.00. The Bertz CT molecular complexity index is 1120. The Morgan fingerprint density at radius 1 is 1.00 bits per heavy atom. The molecule has 0 spiro atoms. The number of ether oxygens (including phenoxy) is 2. The molecular formula is C26H31N3O5. The summed E-state index contributed by atoms with van der Waals surface area (Å²) in [7, 11) is 2.02. The Morgan fingerprint density at radius 3 is 2.44 bits per heavy atom. The van der Waals surface area contributed by atoms with Gasteiger partial charge in [-0.25, -0.2) is 0 Å². The van der Waals surface area contributed by atoms with E-state index >= 15 is 0 Å². The van der Waals surface area contributed by atoms with E-state index in [9.17, 15) is 14.4 Å². The fourth-order valence-corrected chi connectivity index (χ4v) is 4.21. The summed E-state index contributed by atoms with van der Waals surface area (Å²) >= 11 is 0. The summed E-state index contributed by atoms with van der Waals surface area (Å²) in [6.07, 6.45) is 0. The van der Waals surface area contributed by atoms with Gasteiger partial charge in [0.2, 0.25) is 5.91 Å². The Balaban J connectivity index is 1.50. The van der Waals surface area contributed by atoms with Crippen molar-refractivity contribution in [1.29, 1.82) is 0 Å². The lowest BCUT2D eigenvalue weighted by atomic mass is 10.1. The van der Waals surface area contributed by atoms with Gasteiger partial charge in [0.25, 0.3) is 5.91 Å². The molecule has 2 aromatic carbocycles. The minimum Gasteiger partial charge on any atom is -0.485 e. The van der Waals surface area contributed by atoms with Crippen molar-refractivity contribution in [2.45, 2.75) is 20.8 Å². The van der Waals surface area contributed by atoms with Crippen molar-refractivity contribution in [3.8, 4) is 11.5 Å². The molecule has 2 aliphatic rings. The van der Waals surface area contributed by atoms with E-state index in [1.807, 2.05) is 40.0 Å². The lowest BCUT2D eigenvalue weighted by Gasteiger charge is -2.35. The van der Waals surface area contributed by atoms with Crippen LogP contribution in [0.1, 0.15) is 27.0 Å². The first-order chi connectivity index (χ1) is 16.2. The minimum absolute atomic E-state index is 0.0747. The van der Waals surface area contributed by atoms with Gasteiger partial charge < -0.3 is 19.3 Å². The summed E-state index contributed by atoms with van der Waals surface area (Å²) < 4.78 is 11.4. The molecule has 0 aliphatic carbocycles. The molecule has 2 amide bonds. The number of likely N-dealkylation sites (N-methyl/N-ethyl adjacent to an activating group) is 1. The third kappa shape index (κ3) is 4.92. The minimum atomic E-state index is -0.304. The van der Waals surface area contributed by atoms with Crippen molar-refractivity contribution in [3.05, 3.63) is 52.6 Å². The quantitative estimate of drug-likeness (QED) is 0.610. The Labute approximate surface area is 200 Å². The van der Waals surface area contributed by atoms with Crippen LogP contribution in [0.2, 0.25) is 0 Å². The van der Waals surface area contributed by atoms with E-state index in [0.29, 0.717) is 35.8 Å². The number of amides is 2. The van der Waals surface area contributed by atoms with Gasteiger partial charge in [-0.15, -0.1) is 0 Å². The standard InChI is InChI=1S/C26H31N3O5/c1-17-5-6-18(2)26(19(17)3)34-15-22(30)20-7-8-23-21(13-20)29(25(32)16-33-23)14-24(31)28-11-9-27(4)10-12-28/h5-8,13H,9-12,14-16H2,1-4H3. The first kappa shape index (κ1) is 23.8. The number of hydrogen-bond donors (Lipinski definition) is 0. The van der Waals surface area contributed by atoms with Crippen LogP contribution in [-0.2, 0) is 9.59 Å². The molecule has 1 fully saturated rings. The van der Waals surface area contributed by atoms with Crippen molar-refractivity contribution >= 4 is 23.3 Å². The SMILES string of the molecule is Cc1ccc(C)c(OCC(=O)c2ccc3c(c2)N(CC(=O)N2CCN(C)CC2)C(=O)CO3)c1C. The molecule has 0 N–H and O–H groups in total. The maximum absolute atomic E-state index is 13.0. The van der Waals surface area contributed by atoms with Gasteiger partial charge in [-0.3, -0.25) is 19.3 Å². The van der Waals surface area contributed by atoms with E-state index in [1.165, 1.54) is 4.90 Å². The Kier molecular flexibility index (Phi) is 6.88. The van der Waals surface area contributed by atoms with Crippen molar-refractivity contribution in [2.24, 2.45) is 0 Å². The highest BCUT2D eigenvalue weighted by Gasteiger charge is 2.30. The Morgan fingerprint density at radius 2 is 1.71 bits per heavy atom. The highest BCUT2D eigenvalue weighted by Crippen LogP contribution is 2.33. The number of carbonyl (C=O) groups is 3. The molecule has 0 bridgehead atoms. The molecule has 180 valence electrons. The number of benzene rings is 2. The maximum atomic E-state index is 13.0. The first-order valence-electron chi connectivity index (χ1n) is 11.5. The summed E-state index contributed by atoms with van der Waals surface area (Å²) in [6.45, 7) is 8.46. The third-order valence-electron chi connectivity index (χ3n) is 6.59. The van der Waals surface area contributed by atoms with Crippen molar-refractivity contribution < 1.29 is 23.9 Å². The van der Waals surface area contributed by atoms with E-state index in [2.05, 4.69) is 4.90 Å². The van der Waals surface area contributed by atoms with Crippen LogP contribution in [0, 0.1) is 20.8 Å². The average molecular weight is 466 g/mol. The molecule has 0 radical (unpaired) electrons. The Hall–Kier alpha value is -3.39. The largest absolute Gasteiger partial charge is 0.485 e. The number of carbonyl (C=O) groups excluding carboxylic acids is 3. The van der Waals surface area contributed by atoms with Gasteiger partial charge in [-0.2, -0.15) is 0 Å². The third-order valence-corrected chi connectivity index (χ3v) is 6.59. The summed E-state index contributed by atoms with van der Waals surface area (Å²) in [5, 5.41) is 0. The summed E-state index contributed by atoms with van der Waals surface area (Å²) in [5.41, 5.74) is 3.91. The average Bonchev–Trinajstić information content (AvgIpc) is 2.83. The van der Waals surface area contributed by atoms with E-state index in [4.69, 9.17) is 9.47 Å². The lowest BCUT2D eigenvalue weighted by Crippen LogP contribution is -2.52. The maximum Gasteiger partial charge on any atom is 0.265 e. The molecule has 0 atom stereocenters. The molecule has 8 heteroatoms. The van der Waals surface area contributed by atoms with Crippen molar-refractivity contribution in [3.63, 3.8) is 0 Å². The molecule has 2 aliphatic heterocycles. The fourth-order valence-electron chi connectivity index (χ4n) is 4.21. The van der Waals surface area contributed by atoms with Gasteiger partial charge in [-0.05, 0) is 62.7 Å². The molecular weight excluding hydrogens is 434 g/mol. The van der Waals surface area contributed by atoms with E-state index in [-0.39, 0.29) is 37.4 Å². The molecule has 0 aromatic heterocycles. The van der Waals surface area contributed by atoms with E-state index in [0.717, 1.165) is 29.8 Å². The summed E-state index contributed by atoms with van der Waals surface area (Å²) in [4.78, 5) is 43.8. The molecule has 2 aromatic rings. The predicted octanol–water partition coefficient (Wildman–Crippen LogP) is 2.37. The van der Waals surface area contributed by atoms with Crippen molar-refractivity contribution in [2.75, 3.05) is 57.9 Å². The molecule has 2 heterocycles. The zero-order valence-corrected chi connectivity index (χ0v) is 20.2. The molecule has 0 saturated carbocycles. The topological polar surface area (TPSA) is 79.4 Å². The molecule has 4 rings (SSSR count). The molecule has 34 heavy (non-hydrogen) atoms. The van der Waals surface area contributed by atoms with E-state index in [1.54, 1.807) is 23.1 Å². The zero-order valence-electron chi connectivity index (χ0n) is 20.2. The van der Waals surface area contributed by atoms with Gasteiger partial charge >= 0.3 is 0 Å². The number of rotatable bonds is 6. The number of Topliss-reactive ketones (excluding diaryl/α,β-unsaturated/α-hetero) is 1. The number of anilines is 1. The lowest BCUT2D eigenvalue weighted by molar-refractivity contribution is -0.133. The second-order valence-electron chi connectivity index (χ2n) is 9.00. The highest BCUT2D eigenvalue weighted by atomic mass is 16.5. The van der Waals surface area contributed by atoms with Crippen LogP contribution in [0.3, 0.4) is 0 Å². The van der Waals surface area contributed by atoms with Crippen LogP contribution in [0.4, 0.5) is 5.69 Å². The van der Waals surface area contributed by atoms with Gasteiger partial charge in [-0.1, -0.05) is 12.1 Å². The van der Waals surface area contributed by atoms with Gasteiger partial charge in [0.1, 0.15) is 18.0 Å².